The molecular weight excluding hydrogens is 476 g/mol. The van der Waals surface area contributed by atoms with Crippen LogP contribution in [-0.2, 0) is 9.59 Å². The van der Waals surface area contributed by atoms with Gasteiger partial charge in [-0.3, -0.25) is 19.7 Å². The lowest BCUT2D eigenvalue weighted by atomic mass is 9.90. The molecular formula is C27H24N4O6. The van der Waals surface area contributed by atoms with Crippen molar-refractivity contribution >= 4 is 28.9 Å². The summed E-state index contributed by atoms with van der Waals surface area (Å²) < 4.78 is 5.20. The zero-order valence-electron chi connectivity index (χ0n) is 19.8. The van der Waals surface area contributed by atoms with Gasteiger partial charge in [0.15, 0.2) is 0 Å². The molecule has 4 atom stereocenters. The molecule has 0 radical (unpaired) electrons. The smallest absolute Gasteiger partial charge is 0.269 e. The van der Waals surface area contributed by atoms with Crippen molar-refractivity contribution in [2.75, 3.05) is 17.4 Å². The summed E-state index contributed by atoms with van der Waals surface area (Å²) >= 11 is 0. The summed E-state index contributed by atoms with van der Waals surface area (Å²) in [5.41, 5.74) is 4.56. The Morgan fingerprint density at radius 3 is 2.24 bits per heavy atom. The number of aliphatic hydroxyl groups is 1. The fraction of sp³-hybridized carbons (Fsp3) is 0.185. The molecule has 188 valence electrons. The Labute approximate surface area is 212 Å². The van der Waals surface area contributed by atoms with Crippen LogP contribution >= 0.6 is 0 Å². The van der Waals surface area contributed by atoms with Crippen LogP contribution in [0.3, 0.4) is 0 Å². The molecule has 3 aromatic rings. The third kappa shape index (κ3) is 4.44. The van der Waals surface area contributed by atoms with Crippen molar-refractivity contribution in [3.8, 4) is 5.75 Å². The van der Waals surface area contributed by atoms with Gasteiger partial charge in [0.1, 0.15) is 11.8 Å². The number of aliphatic hydroxyl groups excluding tert-OH is 1. The Morgan fingerprint density at radius 1 is 0.946 bits per heavy atom. The third-order valence-electron chi connectivity index (χ3n) is 6.59. The highest BCUT2D eigenvalue weighted by molar-refractivity contribution is 6.24. The van der Waals surface area contributed by atoms with E-state index in [4.69, 9.17) is 4.74 Å². The zero-order chi connectivity index (χ0) is 26.1. The Hall–Kier alpha value is -4.54. The van der Waals surface area contributed by atoms with E-state index in [2.05, 4.69) is 5.43 Å². The van der Waals surface area contributed by atoms with E-state index in [1.807, 2.05) is 0 Å². The first kappa shape index (κ1) is 24.2. The van der Waals surface area contributed by atoms with Crippen molar-refractivity contribution < 1.29 is 24.4 Å². The molecule has 2 aliphatic rings. The number of methoxy groups -OCH3 is 1. The van der Waals surface area contributed by atoms with Crippen molar-refractivity contribution in [2.24, 2.45) is 5.92 Å². The van der Waals surface area contributed by atoms with Crippen LogP contribution in [0, 0.1) is 16.0 Å². The highest BCUT2D eigenvalue weighted by atomic mass is 16.6. The number of nitrogens with zero attached hydrogens (tertiary/aromatic N) is 3. The average molecular weight is 501 g/mol. The van der Waals surface area contributed by atoms with E-state index >= 15 is 0 Å². The molecule has 1 saturated heterocycles. The number of rotatable bonds is 7. The number of nitro benzene ring substituents is 1. The predicted octanol–water partition coefficient (Wildman–Crippen LogP) is 3.46. The largest absolute Gasteiger partial charge is 0.497 e. The second kappa shape index (κ2) is 9.84. The van der Waals surface area contributed by atoms with Gasteiger partial charge in [-0.25, -0.2) is 9.91 Å². The minimum absolute atomic E-state index is 0.0841. The maximum atomic E-state index is 13.7. The Kier molecular flexibility index (Phi) is 6.43. The first-order chi connectivity index (χ1) is 17.9. The van der Waals surface area contributed by atoms with Crippen LogP contribution in [0.25, 0.3) is 0 Å². The van der Waals surface area contributed by atoms with Gasteiger partial charge in [0.25, 0.3) is 11.6 Å². The molecule has 0 saturated carbocycles. The number of nitro groups is 1. The molecule has 0 aromatic heterocycles. The minimum atomic E-state index is -1.07. The number of ether oxygens (including phenoxy) is 1. The van der Waals surface area contributed by atoms with E-state index < -0.39 is 34.9 Å². The van der Waals surface area contributed by atoms with Crippen LogP contribution < -0.4 is 15.1 Å². The van der Waals surface area contributed by atoms with E-state index in [9.17, 15) is 24.8 Å². The number of anilines is 2. The summed E-state index contributed by atoms with van der Waals surface area (Å²) in [5.74, 6) is -0.957. The molecule has 1 fully saturated rings. The number of fused-ring (bicyclic) bond motifs is 1. The topological polar surface area (TPSA) is 125 Å². The van der Waals surface area contributed by atoms with Gasteiger partial charge in [0, 0.05) is 17.8 Å². The Morgan fingerprint density at radius 2 is 1.62 bits per heavy atom. The highest BCUT2D eigenvalue weighted by Crippen LogP contribution is 2.38. The highest BCUT2D eigenvalue weighted by Gasteiger charge is 2.54. The van der Waals surface area contributed by atoms with Crippen LogP contribution in [0.5, 0.6) is 5.75 Å². The molecule has 2 aliphatic heterocycles. The molecule has 2 N–H and O–H groups in total. The lowest BCUT2D eigenvalue weighted by Gasteiger charge is -2.40. The van der Waals surface area contributed by atoms with Gasteiger partial charge in [-0.05, 0) is 42.0 Å². The molecule has 2 amide bonds. The normalized spacial score (nSPS) is 22.0. The van der Waals surface area contributed by atoms with Gasteiger partial charge in [-0.15, -0.1) is 0 Å². The van der Waals surface area contributed by atoms with E-state index in [0.717, 1.165) is 4.90 Å². The number of para-hydroxylation sites is 1. The zero-order valence-corrected chi connectivity index (χ0v) is 19.8. The molecule has 2 heterocycles. The summed E-state index contributed by atoms with van der Waals surface area (Å²) in [6, 6.07) is 19.6. The summed E-state index contributed by atoms with van der Waals surface area (Å²) in [4.78, 5) is 38.8. The molecule has 3 aromatic carbocycles. The fourth-order valence-electron chi connectivity index (χ4n) is 4.71. The number of nitrogens with one attached hydrogen (secondary N) is 1. The lowest BCUT2D eigenvalue weighted by molar-refractivity contribution is -0.384. The number of benzene rings is 3. The number of carbonyl (C=O) groups excluding carboxylic acids is 2. The molecule has 10 heteroatoms. The van der Waals surface area contributed by atoms with E-state index in [1.54, 1.807) is 78.9 Å². The number of hydrogen-bond acceptors (Lipinski definition) is 8. The molecule has 4 unspecified atom stereocenters. The van der Waals surface area contributed by atoms with Crippen LogP contribution in [0.4, 0.5) is 17.1 Å². The molecule has 0 spiro atoms. The third-order valence-corrected chi connectivity index (χ3v) is 6.59. The number of imide groups is 1. The standard InChI is InChI=1S/C27H24N4O6/c1-37-21-13-7-17(8-14-21)25(32)23-16-15-22-24(27(34)29(26(22)33)19-5-3-2-4-6-19)30(23)28-18-9-11-20(12-10-18)31(35)36/h2-16,22-25,28,32H,1H3. The predicted molar refractivity (Wildman–Crippen MR) is 136 cm³/mol. The van der Waals surface area contributed by atoms with Crippen LogP contribution in [0.15, 0.2) is 91.0 Å². The number of amides is 2. The molecule has 0 aliphatic carbocycles. The Bertz CT molecular complexity index is 1340. The van der Waals surface area contributed by atoms with Crippen molar-refractivity contribution in [1.82, 2.24) is 5.01 Å². The number of non-ortho nitro benzene ring substituents is 1. The van der Waals surface area contributed by atoms with Crippen LogP contribution in [0.2, 0.25) is 0 Å². The minimum Gasteiger partial charge on any atom is -0.497 e. The van der Waals surface area contributed by atoms with E-state index in [1.165, 1.54) is 24.3 Å². The van der Waals surface area contributed by atoms with Gasteiger partial charge in [-0.2, -0.15) is 0 Å². The lowest BCUT2D eigenvalue weighted by Crippen LogP contribution is -2.55. The van der Waals surface area contributed by atoms with E-state index in [0.29, 0.717) is 22.7 Å². The monoisotopic (exact) mass is 500 g/mol. The SMILES string of the molecule is COc1ccc(C(O)C2C=CC3C(=O)N(c4ccccc4)C(=O)C3N2Nc2ccc([N+](=O)[O-])cc2)cc1. The van der Waals surface area contributed by atoms with Crippen LogP contribution in [0.1, 0.15) is 11.7 Å². The van der Waals surface area contributed by atoms with Crippen molar-refractivity contribution in [3.63, 3.8) is 0 Å². The first-order valence-electron chi connectivity index (χ1n) is 11.6. The molecule has 10 nitrogen and oxygen atoms in total. The van der Waals surface area contributed by atoms with Crippen molar-refractivity contribution in [3.05, 3.63) is 107 Å². The fourth-order valence-corrected chi connectivity index (χ4v) is 4.71. The second-order valence-corrected chi connectivity index (χ2v) is 8.73. The molecule has 0 bridgehead atoms. The second-order valence-electron chi connectivity index (χ2n) is 8.73. The summed E-state index contributed by atoms with van der Waals surface area (Å²) in [5, 5.41) is 24.0. The van der Waals surface area contributed by atoms with Gasteiger partial charge in [0.2, 0.25) is 5.91 Å². The van der Waals surface area contributed by atoms with Gasteiger partial charge in [-0.1, -0.05) is 42.5 Å². The van der Waals surface area contributed by atoms with Crippen molar-refractivity contribution in [1.29, 1.82) is 0 Å². The van der Waals surface area contributed by atoms with Crippen LogP contribution in [-0.4, -0.2) is 46.0 Å². The quantitative estimate of drug-likeness (QED) is 0.219. The maximum Gasteiger partial charge on any atom is 0.269 e. The summed E-state index contributed by atoms with van der Waals surface area (Å²) in [6.07, 6.45) is 2.30. The number of hydrazine groups is 1. The molecule has 37 heavy (non-hydrogen) atoms. The molecule has 5 rings (SSSR count). The van der Waals surface area contributed by atoms with E-state index in [-0.39, 0.29) is 11.6 Å². The first-order valence-corrected chi connectivity index (χ1v) is 11.6. The maximum absolute atomic E-state index is 13.7. The van der Waals surface area contributed by atoms with Gasteiger partial charge >= 0.3 is 0 Å². The van der Waals surface area contributed by atoms with Gasteiger partial charge < -0.3 is 15.3 Å². The summed E-state index contributed by atoms with van der Waals surface area (Å²) in [7, 11) is 1.55. The van der Waals surface area contributed by atoms with Crippen molar-refractivity contribution in [2.45, 2.75) is 18.2 Å². The average Bonchev–Trinajstić information content (AvgIpc) is 3.19. The Balaban J connectivity index is 1.52. The summed E-state index contributed by atoms with van der Waals surface area (Å²) in [6.45, 7) is 0. The van der Waals surface area contributed by atoms with Gasteiger partial charge in [0.05, 0.1) is 35.8 Å². The number of hydrogen-bond donors (Lipinski definition) is 2. The number of carbonyl (C=O) groups is 2.